The van der Waals surface area contributed by atoms with Crippen LogP contribution in [0.15, 0.2) is 42.5 Å². The van der Waals surface area contributed by atoms with Crippen molar-refractivity contribution in [1.82, 2.24) is 10.2 Å². The average molecular weight is 395 g/mol. The SMILES string of the molecule is Cc1ccc(C(=O)Oc2cc(Cl)nnc2Oc2c(C)ccc3c2CCC3)cc1. The summed E-state index contributed by atoms with van der Waals surface area (Å²) >= 11 is 5.97. The molecule has 1 aliphatic carbocycles. The fourth-order valence-corrected chi connectivity index (χ4v) is 3.46. The van der Waals surface area contributed by atoms with Crippen LogP contribution in [-0.2, 0) is 12.8 Å². The standard InChI is InChI=1S/C22H19ClN2O3/c1-13-6-9-16(10-7-13)22(26)27-18-12-19(23)24-25-21(18)28-20-14(2)8-11-15-4-3-5-17(15)20/h6-12H,3-5H2,1-2H3. The number of rotatable bonds is 4. The lowest BCUT2D eigenvalue weighted by atomic mass is 10.1. The van der Waals surface area contributed by atoms with E-state index in [1.165, 1.54) is 17.2 Å². The van der Waals surface area contributed by atoms with Crippen molar-refractivity contribution in [3.63, 3.8) is 0 Å². The van der Waals surface area contributed by atoms with Gasteiger partial charge in [0.05, 0.1) is 5.56 Å². The molecule has 1 heterocycles. The van der Waals surface area contributed by atoms with Crippen LogP contribution in [0, 0.1) is 13.8 Å². The zero-order valence-electron chi connectivity index (χ0n) is 15.7. The molecule has 5 nitrogen and oxygen atoms in total. The highest BCUT2D eigenvalue weighted by Crippen LogP contribution is 2.38. The van der Waals surface area contributed by atoms with Crippen LogP contribution in [0.5, 0.6) is 17.4 Å². The summed E-state index contributed by atoms with van der Waals surface area (Å²) in [5.41, 5.74) is 4.94. The summed E-state index contributed by atoms with van der Waals surface area (Å²) in [6.45, 7) is 3.93. The lowest BCUT2D eigenvalue weighted by Crippen LogP contribution is -2.10. The van der Waals surface area contributed by atoms with E-state index in [0.29, 0.717) is 5.56 Å². The molecule has 0 N–H and O–H groups in total. The number of carbonyl (C=O) groups excluding carboxylic acids is 1. The maximum absolute atomic E-state index is 12.5. The second kappa shape index (κ2) is 7.60. The van der Waals surface area contributed by atoms with Gasteiger partial charge < -0.3 is 9.47 Å². The minimum Gasteiger partial charge on any atom is -0.434 e. The number of benzene rings is 2. The van der Waals surface area contributed by atoms with Crippen LogP contribution in [0.2, 0.25) is 5.15 Å². The van der Waals surface area contributed by atoms with Gasteiger partial charge in [0.15, 0.2) is 10.9 Å². The normalized spacial score (nSPS) is 12.5. The Bertz CT molecular complexity index is 1050. The predicted octanol–water partition coefficient (Wildman–Crippen LogP) is 5.25. The van der Waals surface area contributed by atoms with Gasteiger partial charge >= 0.3 is 5.97 Å². The van der Waals surface area contributed by atoms with Crippen LogP contribution >= 0.6 is 11.6 Å². The Morgan fingerprint density at radius 1 is 1.04 bits per heavy atom. The Balaban J connectivity index is 1.65. The first-order valence-corrected chi connectivity index (χ1v) is 9.50. The molecule has 0 saturated heterocycles. The van der Waals surface area contributed by atoms with Crippen LogP contribution in [0.25, 0.3) is 0 Å². The van der Waals surface area contributed by atoms with Gasteiger partial charge in [-0.15, -0.1) is 10.2 Å². The molecule has 1 aromatic heterocycles. The van der Waals surface area contributed by atoms with E-state index in [4.69, 9.17) is 21.1 Å². The molecule has 0 saturated carbocycles. The Morgan fingerprint density at radius 2 is 1.82 bits per heavy atom. The molecule has 0 bridgehead atoms. The van der Waals surface area contributed by atoms with Crippen LogP contribution in [0.3, 0.4) is 0 Å². The quantitative estimate of drug-likeness (QED) is 0.566. The average Bonchev–Trinajstić information content (AvgIpc) is 3.15. The first kappa shape index (κ1) is 18.4. The fourth-order valence-electron chi connectivity index (χ4n) is 3.32. The highest BCUT2D eigenvalue weighted by atomic mass is 35.5. The molecule has 1 aliphatic rings. The third-order valence-electron chi connectivity index (χ3n) is 4.81. The summed E-state index contributed by atoms with van der Waals surface area (Å²) in [4.78, 5) is 12.5. The first-order chi connectivity index (χ1) is 13.5. The van der Waals surface area contributed by atoms with Gasteiger partial charge in [0.25, 0.3) is 5.88 Å². The number of halogens is 1. The summed E-state index contributed by atoms with van der Waals surface area (Å²) in [5.74, 6) is 0.497. The highest BCUT2D eigenvalue weighted by Gasteiger charge is 2.22. The number of hydrogen-bond acceptors (Lipinski definition) is 5. The summed E-state index contributed by atoms with van der Waals surface area (Å²) in [6.07, 6.45) is 3.08. The number of aryl methyl sites for hydroxylation is 3. The molecule has 0 unspecified atom stereocenters. The van der Waals surface area contributed by atoms with Gasteiger partial charge in [-0.2, -0.15) is 0 Å². The molecular weight excluding hydrogens is 376 g/mol. The smallest absolute Gasteiger partial charge is 0.343 e. The van der Waals surface area contributed by atoms with Crippen LogP contribution in [0.1, 0.15) is 39.0 Å². The van der Waals surface area contributed by atoms with E-state index in [1.807, 2.05) is 32.0 Å². The maximum Gasteiger partial charge on any atom is 0.343 e. The maximum atomic E-state index is 12.5. The van der Waals surface area contributed by atoms with Crippen molar-refractivity contribution in [2.75, 3.05) is 0 Å². The van der Waals surface area contributed by atoms with Crippen molar-refractivity contribution >= 4 is 17.6 Å². The third kappa shape index (κ3) is 3.71. The van der Waals surface area contributed by atoms with Gasteiger partial charge in [-0.05, 0) is 61.9 Å². The van der Waals surface area contributed by atoms with E-state index in [0.717, 1.165) is 36.1 Å². The van der Waals surface area contributed by atoms with Crippen LogP contribution < -0.4 is 9.47 Å². The first-order valence-electron chi connectivity index (χ1n) is 9.12. The molecule has 0 spiro atoms. The Hall–Kier alpha value is -2.92. The minimum atomic E-state index is -0.510. The van der Waals surface area contributed by atoms with Gasteiger partial charge in [0.1, 0.15) is 5.75 Å². The molecule has 0 radical (unpaired) electrons. The zero-order chi connectivity index (χ0) is 19.7. The molecule has 6 heteroatoms. The molecule has 0 fully saturated rings. The van der Waals surface area contributed by atoms with E-state index in [-0.39, 0.29) is 16.8 Å². The Labute approximate surface area is 168 Å². The van der Waals surface area contributed by atoms with Gasteiger partial charge in [0.2, 0.25) is 0 Å². The number of hydrogen-bond donors (Lipinski definition) is 0. The van der Waals surface area contributed by atoms with E-state index in [1.54, 1.807) is 12.1 Å². The summed E-state index contributed by atoms with van der Waals surface area (Å²) in [5, 5.41) is 7.99. The molecule has 0 atom stereocenters. The summed E-state index contributed by atoms with van der Waals surface area (Å²) in [6, 6.07) is 12.7. The molecule has 142 valence electrons. The van der Waals surface area contributed by atoms with Gasteiger partial charge in [-0.25, -0.2) is 4.79 Å². The van der Waals surface area contributed by atoms with Gasteiger partial charge in [-0.1, -0.05) is 41.4 Å². The predicted molar refractivity (Wildman–Crippen MR) is 106 cm³/mol. The number of aromatic nitrogens is 2. The number of fused-ring (bicyclic) bond motifs is 1. The van der Waals surface area contributed by atoms with Crippen molar-refractivity contribution < 1.29 is 14.3 Å². The molecular formula is C22H19ClN2O3. The van der Waals surface area contributed by atoms with E-state index < -0.39 is 5.97 Å². The third-order valence-corrected chi connectivity index (χ3v) is 5.00. The fraction of sp³-hybridized carbons (Fsp3) is 0.227. The second-order valence-corrected chi connectivity index (χ2v) is 7.28. The Morgan fingerprint density at radius 3 is 2.61 bits per heavy atom. The highest BCUT2D eigenvalue weighted by molar-refractivity contribution is 6.29. The summed E-state index contributed by atoms with van der Waals surface area (Å²) < 4.78 is 11.6. The number of esters is 1. The lowest BCUT2D eigenvalue weighted by molar-refractivity contribution is 0.0729. The van der Waals surface area contributed by atoms with Gasteiger partial charge in [-0.3, -0.25) is 0 Å². The van der Waals surface area contributed by atoms with Crippen molar-refractivity contribution in [3.05, 3.63) is 75.4 Å². The van der Waals surface area contributed by atoms with Crippen LogP contribution in [0.4, 0.5) is 0 Å². The monoisotopic (exact) mass is 394 g/mol. The topological polar surface area (TPSA) is 61.3 Å². The number of carbonyl (C=O) groups is 1. The number of ether oxygens (including phenoxy) is 2. The molecule has 28 heavy (non-hydrogen) atoms. The van der Waals surface area contributed by atoms with E-state index in [9.17, 15) is 4.79 Å². The van der Waals surface area contributed by atoms with Crippen molar-refractivity contribution in [1.29, 1.82) is 0 Å². The van der Waals surface area contributed by atoms with Crippen LogP contribution in [-0.4, -0.2) is 16.2 Å². The summed E-state index contributed by atoms with van der Waals surface area (Å²) in [7, 11) is 0. The Kier molecular flexibility index (Phi) is 5.01. The van der Waals surface area contributed by atoms with Crippen molar-refractivity contribution in [2.24, 2.45) is 0 Å². The van der Waals surface area contributed by atoms with Crippen molar-refractivity contribution in [2.45, 2.75) is 33.1 Å². The largest absolute Gasteiger partial charge is 0.434 e. The molecule has 0 aliphatic heterocycles. The molecule has 0 amide bonds. The number of nitrogens with zero attached hydrogens (tertiary/aromatic N) is 2. The van der Waals surface area contributed by atoms with E-state index in [2.05, 4.69) is 16.3 Å². The minimum absolute atomic E-state index is 0.119. The second-order valence-electron chi connectivity index (χ2n) is 6.90. The van der Waals surface area contributed by atoms with Gasteiger partial charge in [0, 0.05) is 6.07 Å². The van der Waals surface area contributed by atoms with E-state index >= 15 is 0 Å². The lowest BCUT2D eigenvalue weighted by Gasteiger charge is -2.15. The zero-order valence-corrected chi connectivity index (χ0v) is 16.4. The van der Waals surface area contributed by atoms with Crippen molar-refractivity contribution in [3.8, 4) is 17.4 Å². The molecule has 2 aromatic carbocycles. The molecule has 3 aromatic rings. The molecule has 4 rings (SSSR count).